The van der Waals surface area contributed by atoms with Gasteiger partial charge < -0.3 is 15.0 Å². The molecule has 2 N–H and O–H groups in total. The molecule has 6 nitrogen and oxygen atoms in total. The van der Waals surface area contributed by atoms with Gasteiger partial charge in [-0.2, -0.15) is 0 Å². The van der Waals surface area contributed by atoms with Gasteiger partial charge in [0.1, 0.15) is 6.04 Å². The van der Waals surface area contributed by atoms with Crippen molar-refractivity contribution in [1.82, 2.24) is 4.98 Å². The summed E-state index contributed by atoms with van der Waals surface area (Å²) in [6.45, 7) is 3.48. The average Bonchev–Trinajstić information content (AvgIpc) is 3.35. The number of hydrogen-bond donors (Lipinski definition) is 2. The number of likely N-dealkylation sites (tertiary alicyclic amines) is 1. The lowest BCUT2D eigenvalue weighted by Gasteiger charge is -2.19. The molecular weight excluding hydrogens is 386 g/mol. The molecule has 1 unspecified atom stereocenters. The minimum Gasteiger partial charge on any atom is -0.462 e. The number of para-hydroxylation sites is 1. The molecule has 1 aliphatic heterocycles. The summed E-state index contributed by atoms with van der Waals surface area (Å²) in [6, 6.07) is 15.2. The number of quaternary nitrogens is 1. The highest BCUT2D eigenvalue weighted by Crippen LogP contribution is 2.28. The summed E-state index contributed by atoms with van der Waals surface area (Å²) in [5.41, 5.74) is 2.19. The topological polar surface area (TPSA) is 72.7 Å². The zero-order chi connectivity index (χ0) is 20.2. The number of esters is 1. The number of carbonyl (C=O) groups is 2. The highest BCUT2D eigenvalue weighted by molar-refractivity contribution is 7.18. The lowest BCUT2D eigenvalue weighted by molar-refractivity contribution is -0.910. The summed E-state index contributed by atoms with van der Waals surface area (Å²) in [5.74, 6) is -0.387. The molecule has 1 aromatic heterocycles. The third kappa shape index (κ3) is 4.46. The van der Waals surface area contributed by atoms with Gasteiger partial charge in [-0.15, -0.1) is 11.3 Å². The van der Waals surface area contributed by atoms with Gasteiger partial charge in [0.2, 0.25) is 0 Å². The number of nitrogens with one attached hydrogen (secondary N) is 2. The Morgan fingerprint density at radius 3 is 2.76 bits per heavy atom. The van der Waals surface area contributed by atoms with E-state index in [-0.39, 0.29) is 17.9 Å². The molecule has 0 radical (unpaired) electrons. The van der Waals surface area contributed by atoms with Crippen LogP contribution in [0.15, 0.2) is 48.5 Å². The SMILES string of the molecule is CCOC(=O)c1ccc(NC(=O)C[NH+]2CCC[C@H]2c2nc3ccccc3s2)cc1. The smallest absolute Gasteiger partial charge is 0.338 e. The number of rotatable bonds is 6. The Morgan fingerprint density at radius 1 is 1.21 bits per heavy atom. The van der Waals surface area contributed by atoms with Gasteiger partial charge in [-0.1, -0.05) is 12.1 Å². The van der Waals surface area contributed by atoms with E-state index in [1.807, 2.05) is 18.2 Å². The Kier molecular flexibility index (Phi) is 5.87. The van der Waals surface area contributed by atoms with Gasteiger partial charge in [-0.3, -0.25) is 4.79 Å². The molecule has 0 aliphatic carbocycles. The third-order valence-corrected chi connectivity index (χ3v) is 6.31. The van der Waals surface area contributed by atoms with E-state index >= 15 is 0 Å². The van der Waals surface area contributed by atoms with E-state index in [0.717, 1.165) is 29.9 Å². The van der Waals surface area contributed by atoms with Crippen molar-refractivity contribution in [3.63, 3.8) is 0 Å². The van der Waals surface area contributed by atoms with Crippen LogP contribution in [-0.2, 0) is 9.53 Å². The molecule has 29 heavy (non-hydrogen) atoms. The maximum Gasteiger partial charge on any atom is 0.338 e. The van der Waals surface area contributed by atoms with E-state index in [0.29, 0.717) is 24.4 Å². The van der Waals surface area contributed by atoms with E-state index in [4.69, 9.17) is 9.72 Å². The Labute approximate surface area is 173 Å². The highest BCUT2D eigenvalue weighted by Gasteiger charge is 2.34. The number of aromatic nitrogens is 1. The average molecular weight is 411 g/mol. The molecule has 0 bridgehead atoms. The summed E-state index contributed by atoms with van der Waals surface area (Å²) < 4.78 is 6.17. The second kappa shape index (κ2) is 8.71. The van der Waals surface area contributed by atoms with Crippen molar-refractivity contribution in [3.8, 4) is 0 Å². The minimum atomic E-state index is -0.356. The highest BCUT2D eigenvalue weighted by atomic mass is 32.1. The van der Waals surface area contributed by atoms with Crippen molar-refractivity contribution in [2.24, 2.45) is 0 Å². The van der Waals surface area contributed by atoms with Gasteiger partial charge in [-0.25, -0.2) is 9.78 Å². The number of thiazole rings is 1. The van der Waals surface area contributed by atoms with Crippen LogP contribution < -0.4 is 10.2 Å². The fourth-order valence-corrected chi connectivity index (χ4v) is 4.94. The molecule has 4 rings (SSSR count). The van der Waals surface area contributed by atoms with Gasteiger partial charge in [0.15, 0.2) is 11.6 Å². The van der Waals surface area contributed by atoms with Crippen molar-refractivity contribution in [3.05, 3.63) is 59.1 Å². The number of anilines is 1. The number of benzene rings is 2. The number of hydrogen-bond acceptors (Lipinski definition) is 5. The van der Waals surface area contributed by atoms with Crippen molar-refractivity contribution in [1.29, 1.82) is 0 Å². The normalized spacial score (nSPS) is 18.7. The van der Waals surface area contributed by atoms with E-state index in [9.17, 15) is 9.59 Å². The van der Waals surface area contributed by atoms with E-state index in [1.54, 1.807) is 42.5 Å². The van der Waals surface area contributed by atoms with Crippen LogP contribution in [0.2, 0.25) is 0 Å². The van der Waals surface area contributed by atoms with Crippen LogP contribution >= 0.6 is 11.3 Å². The number of amides is 1. The Bertz CT molecular complexity index is 983. The Morgan fingerprint density at radius 2 is 2.00 bits per heavy atom. The summed E-state index contributed by atoms with van der Waals surface area (Å²) in [6.07, 6.45) is 2.15. The van der Waals surface area contributed by atoms with Crippen LogP contribution in [0.3, 0.4) is 0 Å². The lowest BCUT2D eigenvalue weighted by Crippen LogP contribution is -3.11. The van der Waals surface area contributed by atoms with Crippen molar-refractivity contribution in [2.75, 3.05) is 25.0 Å². The van der Waals surface area contributed by atoms with Crippen LogP contribution in [0.4, 0.5) is 5.69 Å². The fourth-order valence-electron chi connectivity index (χ4n) is 3.78. The summed E-state index contributed by atoms with van der Waals surface area (Å²) in [5, 5.41) is 4.05. The van der Waals surface area contributed by atoms with Crippen LogP contribution in [0.25, 0.3) is 10.2 Å². The predicted octanol–water partition coefficient (Wildman–Crippen LogP) is 2.83. The molecular formula is C22H24N3O3S+. The zero-order valence-corrected chi connectivity index (χ0v) is 17.1. The minimum absolute atomic E-state index is 0.0307. The summed E-state index contributed by atoms with van der Waals surface area (Å²) >= 11 is 1.73. The molecule has 1 saturated heterocycles. The molecule has 0 saturated carbocycles. The van der Waals surface area contributed by atoms with Crippen LogP contribution in [0.1, 0.15) is 41.2 Å². The molecule has 2 aromatic carbocycles. The first-order valence-electron chi connectivity index (χ1n) is 9.91. The zero-order valence-electron chi connectivity index (χ0n) is 16.3. The first kappa shape index (κ1) is 19.5. The van der Waals surface area contributed by atoms with Gasteiger partial charge in [0.05, 0.1) is 28.9 Å². The van der Waals surface area contributed by atoms with Crippen LogP contribution in [0, 0.1) is 0 Å². The molecule has 7 heteroatoms. The second-order valence-corrected chi connectivity index (χ2v) is 8.21. The van der Waals surface area contributed by atoms with Crippen molar-refractivity contribution >= 4 is 39.1 Å². The monoisotopic (exact) mass is 410 g/mol. The lowest BCUT2D eigenvalue weighted by atomic mass is 10.2. The van der Waals surface area contributed by atoms with E-state index in [1.165, 1.54) is 9.60 Å². The molecule has 2 atom stereocenters. The summed E-state index contributed by atoms with van der Waals surface area (Å²) in [4.78, 5) is 30.4. The largest absolute Gasteiger partial charge is 0.462 e. The Hall–Kier alpha value is -2.77. The fraction of sp³-hybridized carbons (Fsp3) is 0.318. The van der Waals surface area contributed by atoms with Crippen molar-refractivity contribution in [2.45, 2.75) is 25.8 Å². The number of carbonyl (C=O) groups excluding carboxylic acids is 2. The van der Waals surface area contributed by atoms with Crippen LogP contribution in [0.5, 0.6) is 0 Å². The molecule has 1 fully saturated rings. The molecule has 3 aromatic rings. The molecule has 2 heterocycles. The van der Waals surface area contributed by atoms with Gasteiger partial charge >= 0.3 is 5.97 Å². The maximum atomic E-state index is 12.6. The Balaban J connectivity index is 1.39. The predicted molar refractivity (Wildman–Crippen MR) is 113 cm³/mol. The maximum absolute atomic E-state index is 12.6. The molecule has 1 aliphatic rings. The van der Waals surface area contributed by atoms with E-state index < -0.39 is 0 Å². The van der Waals surface area contributed by atoms with Gasteiger partial charge in [0.25, 0.3) is 5.91 Å². The van der Waals surface area contributed by atoms with E-state index in [2.05, 4.69) is 11.4 Å². The number of ether oxygens (including phenoxy) is 1. The second-order valence-electron chi connectivity index (χ2n) is 7.15. The first-order chi connectivity index (χ1) is 14.1. The molecule has 0 spiro atoms. The number of nitrogens with zero attached hydrogens (tertiary/aromatic N) is 1. The standard InChI is InChI=1S/C22H23N3O3S/c1-2-28-22(27)15-9-11-16(12-10-15)23-20(26)14-25-13-5-7-18(25)21-24-17-6-3-4-8-19(17)29-21/h3-4,6,8-12,18H,2,5,7,13-14H2,1H3,(H,23,26)/p+1/t18-/m0/s1. The first-order valence-corrected chi connectivity index (χ1v) is 10.7. The third-order valence-electron chi connectivity index (χ3n) is 5.16. The summed E-state index contributed by atoms with van der Waals surface area (Å²) in [7, 11) is 0. The van der Waals surface area contributed by atoms with Crippen LogP contribution in [-0.4, -0.2) is 36.6 Å². The van der Waals surface area contributed by atoms with Crippen molar-refractivity contribution < 1.29 is 19.2 Å². The number of fused-ring (bicyclic) bond motifs is 1. The molecule has 1 amide bonds. The molecule has 150 valence electrons. The van der Waals surface area contributed by atoms with Gasteiger partial charge in [0, 0.05) is 18.5 Å². The quantitative estimate of drug-likeness (QED) is 0.613. The van der Waals surface area contributed by atoms with Gasteiger partial charge in [-0.05, 0) is 43.3 Å².